The maximum atomic E-state index is 11.5. The van der Waals surface area contributed by atoms with Crippen molar-refractivity contribution in [3.63, 3.8) is 0 Å². The Bertz CT molecular complexity index is 144. The number of unbranched alkanes of at least 4 members (excludes halogenated alkanes) is 2. The van der Waals surface area contributed by atoms with Gasteiger partial charge in [-0.1, -0.05) is 13.8 Å². The average Bonchev–Trinajstić information content (AvgIpc) is 2.19. The van der Waals surface area contributed by atoms with Gasteiger partial charge in [0, 0.05) is 19.1 Å². The van der Waals surface area contributed by atoms with Gasteiger partial charge in [0.05, 0.1) is 0 Å². The first-order valence-corrected chi connectivity index (χ1v) is 5.64. The van der Waals surface area contributed by atoms with Crippen molar-refractivity contribution >= 4 is 5.91 Å². The van der Waals surface area contributed by atoms with Gasteiger partial charge in [-0.2, -0.15) is 0 Å². The van der Waals surface area contributed by atoms with E-state index in [9.17, 15) is 4.79 Å². The number of hydrogen-bond donors (Lipinski definition) is 2. The van der Waals surface area contributed by atoms with Crippen molar-refractivity contribution in [2.75, 3.05) is 13.2 Å². The molecule has 0 fully saturated rings. The molecule has 84 valence electrons. The molecule has 0 aliphatic rings. The Balaban J connectivity index is 3.43. The van der Waals surface area contributed by atoms with E-state index >= 15 is 0 Å². The maximum absolute atomic E-state index is 11.5. The number of amides is 1. The lowest BCUT2D eigenvalue weighted by Crippen LogP contribution is -2.30. The number of nitrogens with one attached hydrogen (secondary N) is 1. The first-order chi connectivity index (χ1) is 6.76. The second-order valence-electron chi connectivity index (χ2n) is 3.59. The van der Waals surface area contributed by atoms with Crippen molar-refractivity contribution in [2.24, 2.45) is 5.92 Å². The van der Waals surface area contributed by atoms with Gasteiger partial charge < -0.3 is 10.4 Å². The molecular weight excluding hydrogens is 178 g/mol. The van der Waals surface area contributed by atoms with Crippen molar-refractivity contribution < 1.29 is 9.90 Å². The Kier molecular flexibility index (Phi) is 8.64. The predicted octanol–water partition coefficient (Wildman–Crippen LogP) is 1.70. The summed E-state index contributed by atoms with van der Waals surface area (Å²) in [6.45, 7) is 5.08. The van der Waals surface area contributed by atoms with E-state index in [1.54, 1.807) is 0 Å². The summed E-state index contributed by atoms with van der Waals surface area (Å²) in [5.74, 6) is 0.354. The van der Waals surface area contributed by atoms with Crippen LogP contribution in [0, 0.1) is 5.92 Å². The Morgan fingerprint density at radius 1 is 1.21 bits per heavy atom. The van der Waals surface area contributed by atoms with Crippen molar-refractivity contribution in [3.8, 4) is 0 Å². The fourth-order valence-electron chi connectivity index (χ4n) is 1.43. The lowest BCUT2D eigenvalue weighted by Gasteiger charge is -2.12. The molecule has 14 heavy (non-hydrogen) atoms. The molecule has 2 N–H and O–H groups in total. The third kappa shape index (κ3) is 5.97. The number of carbonyl (C=O) groups excluding carboxylic acids is 1. The highest BCUT2D eigenvalue weighted by Gasteiger charge is 2.12. The van der Waals surface area contributed by atoms with E-state index in [1.807, 2.05) is 13.8 Å². The van der Waals surface area contributed by atoms with Crippen LogP contribution in [-0.2, 0) is 4.79 Å². The zero-order chi connectivity index (χ0) is 10.8. The van der Waals surface area contributed by atoms with Gasteiger partial charge in [-0.15, -0.1) is 0 Å². The highest BCUT2D eigenvalue weighted by Crippen LogP contribution is 2.06. The van der Waals surface area contributed by atoms with E-state index in [0.717, 1.165) is 38.6 Å². The van der Waals surface area contributed by atoms with Crippen LogP contribution >= 0.6 is 0 Å². The summed E-state index contributed by atoms with van der Waals surface area (Å²) in [5, 5.41) is 11.5. The van der Waals surface area contributed by atoms with E-state index in [-0.39, 0.29) is 18.4 Å². The van der Waals surface area contributed by atoms with Gasteiger partial charge in [-0.3, -0.25) is 4.79 Å². The third-order valence-electron chi connectivity index (χ3n) is 2.49. The smallest absolute Gasteiger partial charge is 0.223 e. The van der Waals surface area contributed by atoms with Crippen molar-refractivity contribution in [1.29, 1.82) is 0 Å². The van der Waals surface area contributed by atoms with Gasteiger partial charge in [0.25, 0.3) is 0 Å². The fraction of sp³-hybridized carbons (Fsp3) is 0.909. The molecule has 1 amide bonds. The normalized spacial score (nSPS) is 10.6. The van der Waals surface area contributed by atoms with Gasteiger partial charge in [-0.25, -0.2) is 0 Å². The molecule has 0 bridgehead atoms. The van der Waals surface area contributed by atoms with Crippen LogP contribution in [0.1, 0.15) is 46.0 Å². The molecule has 0 aromatic rings. The molecular formula is C11H23NO2. The van der Waals surface area contributed by atoms with E-state index in [1.165, 1.54) is 0 Å². The second kappa shape index (κ2) is 9.00. The minimum atomic E-state index is 0.174. The number of rotatable bonds is 8. The molecule has 0 spiro atoms. The van der Waals surface area contributed by atoms with E-state index in [0.29, 0.717) is 0 Å². The monoisotopic (exact) mass is 201 g/mol. The van der Waals surface area contributed by atoms with Crippen LogP contribution in [0.15, 0.2) is 0 Å². The minimum Gasteiger partial charge on any atom is -0.396 e. The van der Waals surface area contributed by atoms with Gasteiger partial charge in [0.15, 0.2) is 0 Å². The van der Waals surface area contributed by atoms with Crippen LogP contribution < -0.4 is 5.32 Å². The van der Waals surface area contributed by atoms with E-state index < -0.39 is 0 Å². The molecule has 0 aliphatic heterocycles. The van der Waals surface area contributed by atoms with Gasteiger partial charge in [0.1, 0.15) is 0 Å². The van der Waals surface area contributed by atoms with Gasteiger partial charge in [-0.05, 0) is 32.1 Å². The summed E-state index contributed by atoms with van der Waals surface area (Å²) in [5.41, 5.74) is 0. The molecule has 0 rings (SSSR count). The summed E-state index contributed by atoms with van der Waals surface area (Å²) in [4.78, 5) is 11.5. The number of aliphatic hydroxyl groups excluding tert-OH is 1. The topological polar surface area (TPSA) is 49.3 Å². The molecule has 0 heterocycles. The molecule has 3 heteroatoms. The highest BCUT2D eigenvalue weighted by molar-refractivity contribution is 5.78. The average molecular weight is 201 g/mol. The largest absolute Gasteiger partial charge is 0.396 e. The van der Waals surface area contributed by atoms with Gasteiger partial charge >= 0.3 is 0 Å². The highest BCUT2D eigenvalue weighted by atomic mass is 16.2. The maximum Gasteiger partial charge on any atom is 0.223 e. The molecule has 0 unspecified atom stereocenters. The summed E-state index contributed by atoms with van der Waals surface area (Å²) in [7, 11) is 0. The zero-order valence-corrected chi connectivity index (χ0v) is 9.38. The van der Waals surface area contributed by atoms with E-state index in [2.05, 4.69) is 5.32 Å². The van der Waals surface area contributed by atoms with Crippen molar-refractivity contribution in [3.05, 3.63) is 0 Å². The van der Waals surface area contributed by atoms with Crippen LogP contribution in [0.3, 0.4) is 0 Å². The molecule has 0 saturated heterocycles. The molecule has 0 aromatic carbocycles. The minimum absolute atomic E-state index is 0.174. The Morgan fingerprint density at radius 2 is 1.86 bits per heavy atom. The molecule has 0 atom stereocenters. The summed E-state index contributed by atoms with van der Waals surface area (Å²) in [6, 6.07) is 0. The fourth-order valence-corrected chi connectivity index (χ4v) is 1.43. The van der Waals surface area contributed by atoms with Crippen LogP contribution in [0.5, 0.6) is 0 Å². The predicted molar refractivity (Wildman–Crippen MR) is 58.0 cm³/mol. The Morgan fingerprint density at radius 3 is 2.36 bits per heavy atom. The molecule has 0 radical (unpaired) electrons. The summed E-state index contributed by atoms with van der Waals surface area (Å²) < 4.78 is 0. The lowest BCUT2D eigenvalue weighted by atomic mass is 10.0. The molecule has 3 nitrogen and oxygen atoms in total. The lowest BCUT2D eigenvalue weighted by molar-refractivity contribution is -0.125. The van der Waals surface area contributed by atoms with Gasteiger partial charge in [0.2, 0.25) is 5.91 Å². The second-order valence-corrected chi connectivity index (χ2v) is 3.59. The number of aliphatic hydroxyl groups is 1. The summed E-state index contributed by atoms with van der Waals surface area (Å²) in [6.07, 6.45) is 4.62. The Hall–Kier alpha value is -0.570. The quantitative estimate of drug-likeness (QED) is 0.587. The first kappa shape index (κ1) is 13.4. The van der Waals surface area contributed by atoms with Crippen LogP contribution in [0.2, 0.25) is 0 Å². The van der Waals surface area contributed by atoms with Crippen LogP contribution in [-0.4, -0.2) is 24.2 Å². The summed E-state index contributed by atoms with van der Waals surface area (Å²) >= 11 is 0. The first-order valence-electron chi connectivity index (χ1n) is 5.64. The Labute approximate surface area is 86.9 Å². The van der Waals surface area contributed by atoms with Crippen LogP contribution in [0.4, 0.5) is 0 Å². The van der Waals surface area contributed by atoms with E-state index in [4.69, 9.17) is 5.11 Å². The number of carbonyl (C=O) groups is 1. The van der Waals surface area contributed by atoms with Crippen LogP contribution in [0.25, 0.3) is 0 Å². The SMILES string of the molecule is CCC(CC)C(=O)NCCCCCO. The zero-order valence-electron chi connectivity index (χ0n) is 9.38. The number of hydrogen-bond acceptors (Lipinski definition) is 2. The third-order valence-corrected chi connectivity index (χ3v) is 2.49. The molecule has 0 saturated carbocycles. The van der Waals surface area contributed by atoms with Crippen molar-refractivity contribution in [2.45, 2.75) is 46.0 Å². The molecule has 0 aromatic heterocycles. The van der Waals surface area contributed by atoms with Crippen molar-refractivity contribution in [1.82, 2.24) is 5.32 Å². The standard InChI is InChI=1S/C11H23NO2/c1-3-10(4-2)11(14)12-8-6-5-7-9-13/h10,13H,3-9H2,1-2H3,(H,12,14). The molecule has 0 aliphatic carbocycles.